The number of hydrogen-bond acceptors (Lipinski definition) is 3. The molecule has 0 saturated heterocycles. The van der Waals surface area contributed by atoms with Crippen LogP contribution in [0.25, 0.3) is 0 Å². The summed E-state index contributed by atoms with van der Waals surface area (Å²) >= 11 is 6.05. The Morgan fingerprint density at radius 3 is 2.52 bits per heavy atom. The molecular formula is C19H21ClFNO3. The van der Waals surface area contributed by atoms with Gasteiger partial charge in [0.1, 0.15) is 24.2 Å². The molecule has 1 unspecified atom stereocenters. The van der Waals surface area contributed by atoms with Crippen LogP contribution in [0.5, 0.6) is 5.75 Å². The number of halogens is 2. The minimum Gasteiger partial charge on any atom is -0.489 e. The average Bonchev–Trinajstić information content (AvgIpc) is 2.55. The van der Waals surface area contributed by atoms with Gasteiger partial charge in [0.15, 0.2) is 0 Å². The fraction of sp³-hybridized carbons (Fsp3) is 0.316. The second-order valence-electron chi connectivity index (χ2n) is 6.11. The number of carboxylic acid groups (broad SMARTS) is 1. The Hall–Kier alpha value is -2.11. The largest absolute Gasteiger partial charge is 0.489 e. The molecule has 2 rings (SSSR count). The van der Waals surface area contributed by atoms with Gasteiger partial charge in [0.25, 0.3) is 0 Å². The Balaban J connectivity index is 2.08. The first kappa shape index (κ1) is 19.2. The second-order valence-corrected chi connectivity index (χ2v) is 6.54. The first-order chi connectivity index (χ1) is 11.9. The first-order valence-corrected chi connectivity index (χ1v) is 8.36. The zero-order valence-corrected chi connectivity index (χ0v) is 14.9. The van der Waals surface area contributed by atoms with Crippen molar-refractivity contribution in [3.8, 4) is 5.75 Å². The molecule has 1 atom stereocenters. The Morgan fingerprint density at radius 2 is 1.92 bits per heavy atom. The molecule has 134 valence electrons. The smallest absolute Gasteiger partial charge is 0.320 e. The fourth-order valence-corrected chi connectivity index (χ4v) is 2.59. The third-order valence-corrected chi connectivity index (χ3v) is 4.01. The average molecular weight is 366 g/mol. The molecule has 0 bridgehead atoms. The molecule has 2 N–H and O–H groups in total. The van der Waals surface area contributed by atoms with E-state index < -0.39 is 12.0 Å². The van der Waals surface area contributed by atoms with Gasteiger partial charge >= 0.3 is 5.97 Å². The van der Waals surface area contributed by atoms with Gasteiger partial charge in [0.2, 0.25) is 0 Å². The molecule has 0 aliphatic rings. The molecule has 0 saturated carbocycles. The van der Waals surface area contributed by atoms with Crippen LogP contribution in [-0.4, -0.2) is 17.1 Å². The van der Waals surface area contributed by atoms with Crippen LogP contribution in [0.4, 0.5) is 4.39 Å². The lowest BCUT2D eigenvalue weighted by Crippen LogP contribution is -2.40. The lowest BCUT2D eigenvalue weighted by molar-refractivity contribution is -0.140. The van der Waals surface area contributed by atoms with Crippen LogP contribution in [-0.2, 0) is 17.9 Å². The summed E-state index contributed by atoms with van der Waals surface area (Å²) in [5.74, 6) is -0.645. The van der Waals surface area contributed by atoms with Gasteiger partial charge in [0, 0.05) is 17.1 Å². The summed E-state index contributed by atoms with van der Waals surface area (Å²) in [6.45, 7) is 4.28. The standard InChI is InChI=1S/C19H21ClFNO3/c1-12(2)18(19(23)24)22-10-14-9-15(20)5-8-17(14)25-11-13-3-6-16(21)7-4-13/h3-9,12,18,22H,10-11H2,1-2H3,(H,23,24). The van der Waals surface area contributed by atoms with Gasteiger partial charge in [-0.2, -0.15) is 0 Å². The fourth-order valence-electron chi connectivity index (χ4n) is 2.40. The van der Waals surface area contributed by atoms with Crippen LogP contribution in [0.15, 0.2) is 42.5 Å². The topological polar surface area (TPSA) is 58.6 Å². The van der Waals surface area contributed by atoms with E-state index in [-0.39, 0.29) is 18.3 Å². The maximum atomic E-state index is 13.0. The molecule has 2 aromatic carbocycles. The molecule has 4 nitrogen and oxygen atoms in total. The van der Waals surface area contributed by atoms with Crippen molar-refractivity contribution >= 4 is 17.6 Å². The summed E-state index contributed by atoms with van der Waals surface area (Å²) in [5.41, 5.74) is 1.60. The highest BCUT2D eigenvalue weighted by Crippen LogP contribution is 2.24. The van der Waals surface area contributed by atoms with Crippen molar-refractivity contribution < 1.29 is 19.0 Å². The van der Waals surface area contributed by atoms with Crippen molar-refractivity contribution in [2.24, 2.45) is 5.92 Å². The Morgan fingerprint density at radius 1 is 1.24 bits per heavy atom. The maximum Gasteiger partial charge on any atom is 0.320 e. The number of aliphatic carboxylic acids is 1. The molecule has 0 aromatic heterocycles. The van der Waals surface area contributed by atoms with E-state index in [1.54, 1.807) is 30.3 Å². The van der Waals surface area contributed by atoms with Crippen LogP contribution >= 0.6 is 11.6 Å². The van der Waals surface area contributed by atoms with Gasteiger partial charge in [-0.25, -0.2) is 4.39 Å². The highest BCUT2D eigenvalue weighted by molar-refractivity contribution is 6.30. The van der Waals surface area contributed by atoms with Crippen LogP contribution in [0.2, 0.25) is 5.02 Å². The maximum absolute atomic E-state index is 13.0. The van der Waals surface area contributed by atoms with Crippen molar-refractivity contribution in [2.45, 2.75) is 33.0 Å². The second kappa shape index (κ2) is 8.83. The molecule has 2 aromatic rings. The van der Waals surface area contributed by atoms with Gasteiger partial charge in [-0.3, -0.25) is 10.1 Å². The van der Waals surface area contributed by atoms with Crippen molar-refractivity contribution in [3.05, 3.63) is 64.4 Å². The summed E-state index contributed by atoms with van der Waals surface area (Å²) in [6, 6.07) is 10.6. The molecular weight excluding hydrogens is 345 g/mol. The molecule has 6 heteroatoms. The minimum absolute atomic E-state index is 0.0553. The number of hydrogen-bond donors (Lipinski definition) is 2. The van der Waals surface area contributed by atoms with Crippen LogP contribution in [0.3, 0.4) is 0 Å². The first-order valence-electron chi connectivity index (χ1n) is 7.98. The molecule has 0 radical (unpaired) electrons. The van der Waals surface area contributed by atoms with Gasteiger partial charge in [-0.1, -0.05) is 37.6 Å². The van der Waals surface area contributed by atoms with Gasteiger partial charge < -0.3 is 9.84 Å². The predicted octanol–water partition coefficient (Wildman–Crippen LogP) is 4.26. The molecule has 25 heavy (non-hydrogen) atoms. The Labute approximate surface area is 151 Å². The quantitative estimate of drug-likeness (QED) is 0.734. The van der Waals surface area contributed by atoms with Gasteiger partial charge in [0.05, 0.1) is 0 Å². The van der Waals surface area contributed by atoms with E-state index in [2.05, 4.69) is 5.32 Å². The summed E-state index contributed by atoms with van der Waals surface area (Å²) in [5, 5.41) is 12.8. The summed E-state index contributed by atoms with van der Waals surface area (Å²) < 4.78 is 18.8. The number of ether oxygens (including phenoxy) is 1. The molecule has 0 amide bonds. The van der Waals surface area contributed by atoms with Crippen molar-refractivity contribution in [1.82, 2.24) is 5.32 Å². The third kappa shape index (κ3) is 5.73. The molecule has 0 aliphatic heterocycles. The third-order valence-electron chi connectivity index (χ3n) is 3.78. The van der Waals surface area contributed by atoms with Crippen LogP contribution < -0.4 is 10.1 Å². The normalized spacial score (nSPS) is 12.2. The van der Waals surface area contributed by atoms with E-state index in [0.717, 1.165) is 11.1 Å². The lowest BCUT2D eigenvalue weighted by Gasteiger charge is -2.19. The number of nitrogens with one attached hydrogen (secondary N) is 1. The molecule has 0 aliphatic carbocycles. The molecule has 0 fully saturated rings. The monoisotopic (exact) mass is 365 g/mol. The van der Waals surface area contributed by atoms with Crippen molar-refractivity contribution in [1.29, 1.82) is 0 Å². The number of carbonyl (C=O) groups is 1. The van der Waals surface area contributed by atoms with E-state index in [4.69, 9.17) is 16.3 Å². The zero-order chi connectivity index (χ0) is 18.4. The van der Waals surface area contributed by atoms with E-state index >= 15 is 0 Å². The van der Waals surface area contributed by atoms with Gasteiger partial charge in [-0.05, 0) is 41.8 Å². The van der Waals surface area contributed by atoms with E-state index in [1.165, 1.54) is 12.1 Å². The molecule has 0 heterocycles. The van der Waals surface area contributed by atoms with E-state index in [0.29, 0.717) is 17.3 Å². The Kier molecular flexibility index (Phi) is 6.79. The van der Waals surface area contributed by atoms with Crippen molar-refractivity contribution in [2.75, 3.05) is 0 Å². The summed E-state index contributed by atoms with van der Waals surface area (Å²) in [7, 11) is 0. The van der Waals surface area contributed by atoms with E-state index in [1.807, 2.05) is 13.8 Å². The van der Waals surface area contributed by atoms with Crippen LogP contribution in [0.1, 0.15) is 25.0 Å². The highest BCUT2D eigenvalue weighted by atomic mass is 35.5. The summed E-state index contributed by atoms with van der Waals surface area (Å²) in [4.78, 5) is 11.3. The predicted molar refractivity (Wildman–Crippen MR) is 95.3 cm³/mol. The number of carboxylic acids is 1. The van der Waals surface area contributed by atoms with Gasteiger partial charge in [-0.15, -0.1) is 0 Å². The Bertz CT molecular complexity index is 719. The highest BCUT2D eigenvalue weighted by Gasteiger charge is 2.21. The van der Waals surface area contributed by atoms with Crippen LogP contribution in [0, 0.1) is 11.7 Å². The lowest BCUT2D eigenvalue weighted by atomic mass is 10.0. The SMILES string of the molecule is CC(C)C(NCc1cc(Cl)ccc1OCc1ccc(F)cc1)C(=O)O. The summed E-state index contributed by atoms with van der Waals surface area (Å²) in [6.07, 6.45) is 0. The van der Waals surface area contributed by atoms with E-state index in [9.17, 15) is 14.3 Å². The number of rotatable bonds is 8. The minimum atomic E-state index is -0.897. The number of benzene rings is 2. The molecule has 0 spiro atoms. The zero-order valence-electron chi connectivity index (χ0n) is 14.1. The van der Waals surface area contributed by atoms with Crippen molar-refractivity contribution in [3.63, 3.8) is 0 Å².